The van der Waals surface area contributed by atoms with Gasteiger partial charge in [0.25, 0.3) is 5.91 Å². The number of benzene rings is 1. The van der Waals surface area contributed by atoms with Gasteiger partial charge < -0.3 is 15.8 Å². The first kappa shape index (κ1) is 13.9. The second-order valence-corrected chi connectivity index (χ2v) is 4.18. The van der Waals surface area contributed by atoms with E-state index >= 15 is 0 Å². The zero-order valence-corrected chi connectivity index (χ0v) is 11.4. The highest BCUT2D eigenvalue weighted by Crippen LogP contribution is 2.10. The third-order valence-corrected chi connectivity index (χ3v) is 2.78. The van der Waals surface area contributed by atoms with E-state index in [4.69, 9.17) is 10.5 Å². The normalized spacial score (nSPS) is 10.2. The highest BCUT2D eigenvalue weighted by Gasteiger charge is 2.15. The third-order valence-electron chi connectivity index (χ3n) is 2.78. The topological polar surface area (TPSA) is 82.2 Å². The van der Waals surface area contributed by atoms with Crippen molar-refractivity contribution < 1.29 is 9.53 Å². The molecule has 0 fully saturated rings. The molecule has 6 heteroatoms. The number of amides is 1. The maximum atomic E-state index is 12.0. The van der Waals surface area contributed by atoms with Gasteiger partial charge in [0.15, 0.2) is 0 Å². The number of carbonyl (C=O) groups excluding carboxylic acids is 1. The van der Waals surface area contributed by atoms with Gasteiger partial charge in [0.2, 0.25) is 0 Å². The smallest absolute Gasteiger partial charge is 0.271 e. The summed E-state index contributed by atoms with van der Waals surface area (Å²) in [6.45, 7) is 3.31. The van der Waals surface area contributed by atoms with Gasteiger partial charge in [-0.15, -0.1) is 0 Å². The maximum Gasteiger partial charge on any atom is 0.271 e. The number of nitrogen functional groups attached to an aromatic ring is 1. The molecule has 0 aliphatic carbocycles. The molecule has 1 amide bonds. The first-order valence-electron chi connectivity index (χ1n) is 6.49. The van der Waals surface area contributed by atoms with Crippen LogP contribution in [0, 0.1) is 0 Å². The van der Waals surface area contributed by atoms with Crippen LogP contribution in [0.4, 0.5) is 5.69 Å². The van der Waals surface area contributed by atoms with E-state index in [1.54, 1.807) is 4.68 Å². The van der Waals surface area contributed by atoms with Crippen molar-refractivity contribution in [3.63, 3.8) is 0 Å². The van der Waals surface area contributed by atoms with Gasteiger partial charge in [0.05, 0.1) is 18.4 Å². The van der Waals surface area contributed by atoms with E-state index < -0.39 is 0 Å². The summed E-state index contributed by atoms with van der Waals surface area (Å²) in [7, 11) is 0. The fourth-order valence-corrected chi connectivity index (χ4v) is 1.82. The van der Waals surface area contributed by atoms with E-state index in [0.29, 0.717) is 31.1 Å². The molecular formula is C14H18N4O2. The molecule has 1 aromatic carbocycles. The summed E-state index contributed by atoms with van der Waals surface area (Å²) < 4.78 is 7.06. The molecule has 0 aliphatic heterocycles. The third kappa shape index (κ3) is 3.28. The van der Waals surface area contributed by atoms with Gasteiger partial charge in [0, 0.05) is 6.54 Å². The number of nitrogens with one attached hydrogen (secondary N) is 1. The second kappa shape index (κ2) is 6.60. The molecule has 0 aliphatic rings. The predicted octanol–water partition coefficient (Wildman–Crippen LogP) is 1.29. The van der Waals surface area contributed by atoms with Crippen molar-refractivity contribution in [3.05, 3.63) is 42.2 Å². The second-order valence-electron chi connectivity index (χ2n) is 4.18. The van der Waals surface area contributed by atoms with Crippen LogP contribution in [0.3, 0.4) is 0 Å². The van der Waals surface area contributed by atoms with E-state index in [2.05, 4.69) is 10.4 Å². The Morgan fingerprint density at radius 1 is 1.40 bits per heavy atom. The molecule has 2 rings (SSSR count). The van der Waals surface area contributed by atoms with Gasteiger partial charge in [-0.3, -0.25) is 9.48 Å². The molecule has 0 unspecified atom stereocenters. The van der Waals surface area contributed by atoms with Gasteiger partial charge in [0.1, 0.15) is 18.1 Å². The average Bonchev–Trinajstić information content (AvgIpc) is 2.85. The Hall–Kier alpha value is -2.50. The summed E-state index contributed by atoms with van der Waals surface area (Å²) in [5, 5.41) is 6.80. The lowest BCUT2D eigenvalue weighted by Gasteiger charge is -2.09. The minimum Gasteiger partial charge on any atom is -0.492 e. The van der Waals surface area contributed by atoms with Crippen LogP contribution in [0.2, 0.25) is 0 Å². The number of rotatable bonds is 6. The van der Waals surface area contributed by atoms with Crippen LogP contribution in [-0.4, -0.2) is 28.8 Å². The number of anilines is 1. The number of ether oxygens (including phenoxy) is 1. The summed E-state index contributed by atoms with van der Waals surface area (Å²) in [6.07, 6.45) is 1.49. The van der Waals surface area contributed by atoms with Crippen molar-refractivity contribution in [1.29, 1.82) is 0 Å². The van der Waals surface area contributed by atoms with Crippen molar-refractivity contribution in [2.75, 3.05) is 18.9 Å². The molecular weight excluding hydrogens is 256 g/mol. The average molecular weight is 274 g/mol. The van der Waals surface area contributed by atoms with Crippen molar-refractivity contribution in [1.82, 2.24) is 15.1 Å². The van der Waals surface area contributed by atoms with Crippen molar-refractivity contribution in [2.24, 2.45) is 0 Å². The zero-order chi connectivity index (χ0) is 14.4. The fourth-order valence-electron chi connectivity index (χ4n) is 1.82. The van der Waals surface area contributed by atoms with Crippen LogP contribution < -0.4 is 15.8 Å². The van der Waals surface area contributed by atoms with Gasteiger partial charge in [-0.25, -0.2) is 0 Å². The quantitative estimate of drug-likeness (QED) is 0.778. The zero-order valence-electron chi connectivity index (χ0n) is 11.4. The molecule has 1 aromatic heterocycles. The SMILES string of the molecule is CCn1ncc(N)c1C(=O)NCCOc1ccccc1. The van der Waals surface area contributed by atoms with Crippen molar-refractivity contribution >= 4 is 11.6 Å². The molecule has 0 bridgehead atoms. The Morgan fingerprint density at radius 3 is 2.85 bits per heavy atom. The van der Waals surface area contributed by atoms with Crippen LogP contribution in [-0.2, 0) is 6.54 Å². The van der Waals surface area contributed by atoms with Crippen LogP contribution in [0.15, 0.2) is 36.5 Å². The van der Waals surface area contributed by atoms with Crippen LogP contribution in [0.1, 0.15) is 17.4 Å². The minimum atomic E-state index is -0.237. The van der Waals surface area contributed by atoms with Gasteiger partial charge >= 0.3 is 0 Å². The molecule has 0 spiro atoms. The predicted molar refractivity (Wildman–Crippen MR) is 76.6 cm³/mol. The molecule has 20 heavy (non-hydrogen) atoms. The number of aryl methyl sites for hydroxylation is 1. The molecule has 0 saturated heterocycles. The number of aromatic nitrogens is 2. The number of carbonyl (C=O) groups is 1. The molecule has 0 radical (unpaired) electrons. The Bertz CT molecular complexity index is 566. The number of para-hydroxylation sites is 1. The highest BCUT2D eigenvalue weighted by atomic mass is 16.5. The fraction of sp³-hybridized carbons (Fsp3) is 0.286. The van der Waals surface area contributed by atoms with Gasteiger partial charge in [-0.1, -0.05) is 18.2 Å². The van der Waals surface area contributed by atoms with Gasteiger partial charge in [-0.05, 0) is 19.1 Å². The molecule has 1 heterocycles. The van der Waals surface area contributed by atoms with E-state index in [0.717, 1.165) is 5.75 Å². The molecule has 3 N–H and O–H groups in total. The van der Waals surface area contributed by atoms with Crippen LogP contribution >= 0.6 is 0 Å². The Kier molecular flexibility index (Phi) is 4.60. The van der Waals surface area contributed by atoms with E-state index in [9.17, 15) is 4.79 Å². The van der Waals surface area contributed by atoms with Crippen molar-refractivity contribution in [2.45, 2.75) is 13.5 Å². The molecule has 106 valence electrons. The lowest BCUT2D eigenvalue weighted by molar-refractivity contribution is 0.0937. The van der Waals surface area contributed by atoms with E-state index in [-0.39, 0.29) is 5.91 Å². The summed E-state index contributed by atoms with van der Waals surface area (Å²) >= 11 is 0. The van der Waals surface area contributed by atoms with Crippen molar-refractivity contribution in [3.8, 4) is 5.75 Å². The molecule has 0 saturated carbocycles. The molecule has 6 nitrogen and oxygen atoms in total. The first-order valence-corrected chi connectivity index (χ1v) is 6.49. The number of nitrogens with zero attached hydrogens (tertiary/aromatic N) is 2. The van der Waals surface area contributed by atoms with E-state index in [1.807, 2.05) is 37.3 Å². The van der Waals surface area contributed by atoms with Gasteiger partial charge in [-0.2, -0.15) is 5.10 Å². The maximum absolute atomic E-state index is 12.0. The highest BCUT2D eigenvalue weighted by molar-refractivity contribution is 5.97. The van der Waals surface area contributed by atoms with Crippen LogP contribution in [0.25, 0.3) is 0 Å². The summed E-state index contributed by atoms with van der Waals surface area (Å²) in [5.41, 5.74) is 6.52. The molecule has 0 atom stereocenters. The lowest BCUT2D eigenvalue weighted by atomic mass is 10.3. The Balaban J connectivity index is 1.82. The Morgan fingerprint density at radius 2 is 2.15 bits per heavy atom. The monoisotopic (exact) mass is 274 g/mol. The summed E-state index contributed by atoms with van der Waals surface area (Å²) in [5.74, 6) is 0.540. The number of nitrogens with two attached hydrogens (primary N) is 1. The summed E-state index contributed by atoms with van der Waals surface area (Å²) in [4.78, 5) is 12.0. The standard InChI is InChI=1S/C14H18N4O2/c1-2-18-13(12(15)10-17-18)14(19)16-8-9-20-11-6-4-3-5-7-11/h3-7,10H,2,8-9,15H2,1H3,(H,16,19). The summed E-state index contributed by atoms with van der Waals surface area (Å²) in [6, 6.07) is 9.45. The minimum absolute atomic E-state index is 0.237. The number of hydrogen-bond donors (Lipinski definition) is 2. The van der Waals surface area contributed by atoms with Crippen LogP contribution in [0.5, 0.6) is 5.75 Å². The largest absolute Gasteiger partial charge is 0.492 e. The lowest BCUT2D eigenvalue weighted by Crippen LogP contribution is -2.30. The Labute approximate surface area is 117 Å². The number of hydrogen-bond acceptors (Lipinski definition) is 4. The molecule has 2 aromatic rings. The van der Waals surface area contributed by atoms with E-state index in [1.165, 1.54) is 6.20 Å². The first-order chi connectivity index (χ1) is 9.72.